The van der Waals surface area contributed by atoms with Gasteiger partial charge in [-0.3, -0.25) is 4.79 Å². The molecule has 7 atom stereocenters. The van der Waals surface area contributed by atoms with Gasteiger partial charge in [-0.25, -0.2) is 4.79 Å². The standard InChI is InChI=1S/C22H33NO9/c1-20(2)28-10-13(30-20)16-15(31-21(3,4)32-16)12(8-9-14(24)26-6)23-18(22(5)11-29-22)17(27-7)19(23)25/h8-9,12-13,15-18H,10-11H2,1-7H3/b9-8+/t12-,13+,15+,16+,17+,18+,22-/m0/s1. The largest absolute Gasteiger partial charge is 0.466 e. The van der Waals surface area contributed by atoms with Gasteiger partial charge in [-0.1, -0.05) is 6.08 Å². The summed E-state index contributed by atoms with van der Waals surface area (Å²) in [5.74, 6) is -2.42. The Hall–Kier alpha value is -1.56. The second-order valence-corrected chi connectivity index (χ2v) is 9.75. The van der Waals surface area contributed by atoms with Crippen LogP contribution < -0.4 is 0 Å². The highest BCUT2D eigenvalue weighted by Gasteiger charge is 2.66. The Morgan fingerprint density at radius 3 is 2.31 bits per heavy atom. The first-order valence-electron chi connectivity index (χ1n) is 10.8. The summed E-state index contributed by atoms with van der Waals surface area (Å²) in [5.41, 5.74) is -0.522. The summed E-state index contributed by atoms with van der Waals surface area (Å²) in [6.45, 7) is 10.1. The SMILES string of the molecule is COC(=O)/C=C/[C@@H]([C@H]1OC(C)(C)O[C@@H]1[C@H]1COC(C)(C)O1)N1C(=O)[C@H](OC)[C@@H]1[C@]1(C)CO1. The Labute approximate surface area is 188 Å². The molecule has 4 fully saturated rings. The van der Waals surface area contributed by atoms with E-state index in [4.69, 9.17) is 33.2 Å². The fourth-order valence-electron chi connectivity index (χ4n) is 4.80. The Morgan fingerprint density at radius 2 is 1.78 bits per heavy atom. The number of epoxide rings is 1. The number of β-lactam (4-membered cyclic amide) rings is 1. The van der Waals surface area contributed by atoms with Crippen LogP contribution in [0.5, 0.6) is 0 Å². The van der Waals surface area contributed by atoms with E-state index >= 15 is 0 Å². The molecule has 0 aromatic rings. The Bertz CT molecular complexity index is 790. The van der Waals surface area contributed by atoms with Crippen LogP contribution in [-0.4, -0.2) is 97.9 Å². The third-order valence-electron chi connectivity index (χ3n) is 6.41. The van der Waals surface area contributed by atoms with Gasteiger partial charge in [0.15, 0.2) is 17.7 Å². The molecule has 10 heteroatoms. The number of ether oxygens (including phenoxy) is 7. The first-order valence-corrected chi connectivity index (χ1v) is 10.8. The molecule has 1 amide bonds. The zero-order valence-electron chi connectivity index (χ0n) is 19.7. The molecular formula is C22H33NO9. The lowest BCUT2D eigenvalue weighted by atomic mass is 9.83. The number of likely N-dealkylation sites (tertiary alicyclic amines) is 1. The third kappa shape index (κ3) is 4.20. The van der Waals surface area contributed by atoms with Gasteiger partial charge in [0.25, 0.3) is 5.91 Å². The van der Waals surface area contributed by atoms with Crippen LogP contribution in [0.2, 0.25) is 0 Å². The molecule has 10 nitrogen and oxygen atoms in total. The minimum absolute atomic E-state index is 0.204. The van der Waals surface area contributed by atoms with Crippen molar-refractivity contribution < 1.29 is 42.7 Å². The normalized spacial score (nSPS) is 41.0. The maximum Gasteiger partial charge on any atom is 0.330 e. The second kappa shape index (κ2) is 8.03. The fraction of sp³-hybridized carbons (Fsp3) is 0.818. The number of rotatable bonds is 7. The third-order valence-corrected chi connectivity index (χ3v) is 6.41. The van der Waals surface area contributed by atoms with E-state index in [1.54, 1.807) is 24.8 Å². The topological polar surface area (TPSA) is 105 Å². The van der Waals surface area contributed by atoms with Gasteiger partial charge >= 0.3 is 5.97 Å². The van der Waals surface area contributed by atoms with Crippen LogP contribution in [0.3, 0.4) is 0 Å². The smallest absolute Gasteiger partial charge is 0.330 e. The highest BCUT2D eigenvalue weighted by molar-refractivity contribution is 5.90. The van der Waals surface area contributed by atoms with E-state index in [0.717, 1.165) is 0 Å². The van der Waals surface area contributed by atoms with Gasteiger partial charge < -0.3 is 38.1 Å². The minimum atomic E-state index is -0.924. The molecule has 32 heavy (non-hydrogen) atoms. The van der Waals surface area contributed by atoms with Crippen LogP contribution >= 0.6 is 0 Å². The van der Waals surface area contributed by atoms with Crippen LogP contribution in [0.1, 0.15) is 34.6 Å². The van der Waals surface area contributed by atoms with E-state index in [9.17, 15) is 9.59 Å². The molecule has 0 bridgehead atoms. The van der Waals surface area contributed by atoms with E-state index in [1.165, 1.54) is 20.3 Å². The van der Waals surface area contributed by atoms with Crippen molar-refractivity contribution in [2.45, 2.75) is 88.3 Å². The fourth-order valence-corrected chi connectivity index (χ4v) is 4.80. The summed E-state index contributed by atoms with van der Waals surface area (Å²) in [5, 5.41) is 0. The first-order chi connectivity index (χ1) is 14.9. The van der Waals surface area contributed by atoms with Gasteiger partial charge in [0.05, 0.1) is 32.4 Å². The Balaban J connectivity index is 1.68. The van der Waals surface area contributed by atoms with Gasteiger partial charge in [0.1, 0.15) is 23.9 Å². The maximum atomic E-state index is 13.1. The highest BCUT2D eigenvalue weighted by Crippen LogP contribution is 2.46. The molecule has 0 aromatic heterocycles. The lowest BCUT2D eigenvalue weighted by molar-refractivity contribution is -0.190. The number of nitrogens with zero attached hydrogens (tertiary/aromatic N) is 1. The van der Waals surface area contributed by atoms with Crippen LogP contribution in [0.4, 0.5) is 0 Å². The second-order valence-electron chi connectivity index (χ2n) is 9.75. The van der Waals surface area contributed by atoms with Crippen molar-refractivity contribution in [2.75, 3.05) is 27.4 Å². The molecule has 0 aromatic carbocycles. The van der Waals surface area contributed by atoms with Crippen molar-refractivity contribution in [3.05, 3.63) is 12.2 Å². The van der Waals surface area contributed by atoms with Gasteiger partial charge in [-0.2, -0.15) is 0 Å². The molecule has 4 saturated heterocycles. The lowest BCUT2D eigenvalue weighted by Gasteiger charge is -2.52. The molecule has 0 unspecified atom stereocenters. The van der Waals surface area contributed by atoms with E-state index in [1.807, 2.05) is 20.8 Å². The lowest BCUT2D eigenvalue weighted by Crippen LogP contribution is -2.74. The molecule has 0 saturated carbocycles. The number of carbonyl (C=O) groups excluding carboxylic acids is 2. The van der Waals surface area contributed by atoms with Crippen LogP contribution in [0.15, 0.2) is 12.2 Å². The molecule has 4 heterocycles. The molecule has 180 valence electrons. The minimum Gasteiger partial charge on any atom is -0.466 e. The van der Waals surface area contributed by atoms with E-state index in [0.29, 0.717) is 13.2 Å². The van der Waals surface area contributed by atoms with Crippen LogP contribution in [0, 0.1) is 0 Å². The Kier molecular flexibility index (Phi) is 5.92. The average Bonchev–Trinajstić information content (AvgIpc) is 3.21. The maximum absolute atomic E-state index is 13.1. The summed E-state index contributed by atoms with van der Waals surface area (Å²) in [6.07, 6.45) is 0.717. The molecule has 0 N–H and O–H groups in total. The number of esters is 1. The van der Waals surface area contributed by atoms with Crippen molar-refractivity contribution in [3.63, 3.8) is 0 Å². The average molecular weight is 456 g/mol. The van der Waals surface area contributed by atoms with Crippen LogP contribution in [0.25, 0.3) is 0 Å². The summed E-state index contributed by atoms with van der Waals surface area (Å²) < 4.78 is 40.2. The Morgan fingerprint density at radius 1 is 1.09 bits per heavy atom. The monoisotopic (exact) mass is 455 g/mol. The molecule has 4 aliphatic heterocycles. The summed E-state index contributed by atoms with van der Waals surface area (Å²) >= 11 is 0. The zero-order valence-corrected chi connectivity index (χ0v) is 19.7. The highest BCUT2D eigenvalue weighted by atomic mass is 16.8. The van der Waals surface area contributed by atoms with Crippen LogP contribution in [-0.2, 0) is 42.7 Å². The molecule has 4 rings (SSSR count). The van der Waals surface area contributed by atoms with Crippen molar-refractivity contribution >= 4 is 11.9 Å². The number of methoxy groups -OCH3 is 2. The van der Waals surface area contributed by atoms with Gasteiger partial charge in [0.2, 0.25) is 0 Å². The summed E-state index contributed by atoms with van der Waals surface area (Å²) in [4.78, 5) is 26.7. The quantitative estimate of drug-likeness (QED) is 0.238. The number of amides is 1. The van der Waals surface area contributed by atoms with Crippen molar-refractivity contribution in [2.24, 2.45) is 0 Å². The van der Waals surface area contributed by atoms with Gasteiger partial charge in [-0.15, -0.1) is 0 Å². The summed E-state index contributed by atoms with van der Waals surface area (Å²) in [6, 6.07) is -0.976. The molecule has 0 spiro atoms. The van der Waals surface area contributed by atoms with E-state index < -0.39 is 53.6 Å². The first kappa shape index (κ1) is 23.6. The van der Waals surface area contributed by atoms with Crippen molar-refractivity contribution in [3.8, 4) is 0 Å². The van der Waals surface area contributed by atoms with E-state index in [-0.39, 0.29) is 11.9 Å². The number of hydrogen-bond acceptors (Lipinski definition) is 9. The van der Waals surface area contributed by atoms with Crippen molar-refractivity contribution in [1.82, 2.24) is 4.90 Å². The molecular weight excluding hydrogens is 422 g/mol. The predicted octanol–water partition coefficient (Wildman–Crippen LogP) is 0.771. The molecule has 0 radical (unpaired) electrons. The number of hydrogen-bond donors (Lipinski definition) is 0. The number of carbonyl (C=O) groups is 2. The molecule has 0 aliphatic carbocycles. The van der Waals surface area contributed by atoms with Gasteiger partial charge in [0, 0.05) is 13.2 Å². The predicted molar refractivity (Wildman–Crippen MR) is 109 cm³/mol. The summed E-state index contributed by atoms with van der Waals surface area (Å²) in [7, 11) is 2.80. The van der Waals surface area contributed by atoms with E-state index in [2.05, 4.69) is 0 Å². The van der Waals surface area contributed by atoms with Gasteiger partial charge in [-0.05, 0) is 34.6 Å². The zero-order chi connectivity index (χ0) is 23.5. The molecule has 4 aliphatic rings. The van der Waals surface area contributed by atoms with Crippen molar-refractivity contribution in [1.29, 1.82) is 0 Å².